The molecule has 9 nitrogen and oxygen atoms in total. The highest BCUT2D eigenvalue weighted by atomic mass is 32.2. The summed E-state index contributed by atoms with van der Waals surface area (Å²) in [5, 5.41) is 9.91. The lowest BCUT2D eigenvalue weighted by Gasteiger charge is -2.30. The summed E-state index contributed by atoms with van der Waals surface area (Å²) in [5.41, 5.74) is 4.34. The van der Waals surface area contributed by atoms with Crippen molar-refractivity contribution >= 4 is 26.8 Å². The zero-order valence-corrected chi connectivity index (χ0v) is 18.8. The van der Waals surface area contributed by atoms with Gasteiger partial charge in [-0.05, 0) is 49.7 Å². The molecule has 1 amide bonds. The van der Waals surface area contributed by atoms with E-state index in [1.807, 2.05) is 37.3 Å². The van der Waals surface area contributed by atoms with Crippen molar-refractivity contribution in [3.63, 3.8) is 0 Å². The molecule has 4 rings (SSSR count). The first-order valence-corrected chi connectivity index (χ1v) is 12.0. The second kappa shape index (κ2) is 9.84. The van der Waals surface area contributed by atoms with E-state index in [1.54, 1.807) is 17.6 Å². The van der Waals surface area contributed by atoms with Gasteiger partial charge in [0.05, 0.1) is 22.9 Å². The molecule has 0 spiro atoms. The molecule has 1 aliphatic rings. The van der Waals surface area contributed by atoms with Crippen molar-refractivity contribution in [3.8, 4) is 5.75 Å². The van der Waals surface area contributed by atoms with Gasteiger partial charge in [-0.15, -0.1) is 0 Å². The fraction of sp³-hybridized carbons (Fsp3) is 0.304. The number of carbonyl (C=O) groups excluding carboxylic acids is 1. The van der Waals surface area contributed by atoms with Crippen LogP contribution in [0.5, 0.6) is 5.75 Å². The number of sulfonamides is 1. The van der Waals surface area contributed by atoms with Crippen LogP contribution in [-0.2, 0) is 26.2 Å². The van der Waals surface area contributed by atoms with Crippen molar-refractivity contribution in [2.24, 2.45) is 5.92 Å². The monoisotopic (exact) mass is 471 g/mol. The molecule has 0 unspecified atom stereocenters. The van der Waals surface area contributed by atoms with E-state index in [2.05, 4.69) is 9.71 Å². The van der Waals surface area contributed by atoms with Crippen LogP contribution in [0.25, 0.3) is 10.9 Å². The van der Waals surface area contributed by atoms with Gasteiger partial charge >= 0.3 is 0 Å². The summed E-state index contributed by atoms with van der Waals surface area (Å²) < 4.78 is 39.4. The Bertz CT molecular complexity index is 1250. The Morgan fingerprint density at radius 1 is 1.21 bits per heavy atom. The highest BCUT2D eigenvalue weighted by Crippen LogP contribution is 2.23. The summed E-state index contributed by atoms with van der Waals surface area (Å²) in [6.45, 7) is 2.58. The fourth-order valence-corrected chi connectivity index (χ4v) is 5.19. The molecule has 0 radical (unpaired) electrons. The topological polar surface area (TPSA) is 127 Å². The summed E-state index contributed by atoms with van der Waals surface area (Å²) in [5.74, 6) is -0.985. The molecule has 174 valence electrons. The maximum absolute atomic E-state index is 12.8. The van der Waals surface area contributed by atoms with Crippen LogP contribution in [0.4, 0.5) is 0 Å². The Balaban J connectivity index is 1.45. The van der Waals surface area contributed by atoms with Gasteiger partial charge in [0.2, 0.25) is 15.9 Å². The number of hydrogen-bond acceptors (Lipinski definition) is 7. The Morgan fingerprint density at radius 3 is 2.73 bits per heavy atom. The summed E-state index contributed by atoms with van der Waals surface area (Å²) >= 11 is 0. The van der Waals surface area contributed by atoms with Gasteiger partial charge in [-0.25, -0.2) is 18.6 Å². The number of nitrogens with one attached hydrogen (secondary N) is 2. The van der Waals surface area contributed by atoms with E-state index >= 15 is 0 Å². The number of para-hydroxylation sites is 1. The smallest absolute Gasteiger partial charge is 0.250 e. The minimum atomic E-state index is -3.88. The number of hydroxylamine groups is 1. The van der Waals surface area contributed by atoms with Gasteiger partial charge in [0.1, 0.15) is 12.4 Å². The molecular formula is C23H25N3O6S. The molecule has 1 aliphatic heterocycles. The van der Waals surface area contributed by atoms with Gasteiger partial charge in [0.15, 0.2) is 0 Å². The van der Waals surface area contributed by atoms with Crippen molar-refractivity contribution in [2.75, 3.05) is 13.2 Å². The normalized spacial score (nSPS) is 18.7. The zero-order chi connectivity index (χ0) is 23.4. The Hall–Kier alpha value is -3.05. The molecule has 2 heterocycles. The second-order valence-corrected chi connectivity index (χ2v) is 9.59. The first-order valence-electron chi connectivity index (χ1n) is 10.5. The van der Waals surface area contributed by atoms with Crippen molar-refractivity contribution in [2.45, 2.75) is 30.9 Å². The number of aryl methyl sites for hydroxylation is 1. The van der Waals surface area contributed by atoms with Crippen LogP contribution in [0.1, 0.15) is 17.7 Å². The van der Waals surface area contributed by atoms with Crippen LogP contribution in [0.15, 0.2) is 59.5 Å². The number of hydrogen-bond donors (Lipinski definition) is 3. The molecule has 1 aromatic heterocycles. The van der Waals surface area contributed by atoms with Gasteiger partial charge in [0, 0.05) is 29.3 Å². The number of amides is 1. The number of benzene rings is 2. The summed E-state index contributed by atoms with van der Waals surface area (Å²) in [6.07, 6.45) is 0.317. The number of fused-ring (bicyclic) bond motifs is 1. The van der Waals surface area contributed by atoms with Crippen LogP contribution in [-0.4, -0.2) is 43.8 Å². The van der Waals surface area contributed by atoms with Crippen LogP contribution in [0.3, 0.4) is 0 Å². The SMILES string of the molecule is Cc1cc(COc2ccc(S(=O)(=O)N[C@@H]3CCOC[C@@H]3C(=O)NO)cc2)c2ccccc2n1. The van der Waals surface area contributed by atoms with Crippen molar-refractivity contribution in [1.29, 1.82) is 0 Å². The highest BCUT2D eigenvalue weighted by Gasteiger charge is 2.34. The molecular weight excluding hydrogens is 446 g/mol. The molecule has 3 N–H and O–H groups in total. The van der Waals surface area contributed by atoms with Gasteiger partial charge in [-0.2, -0.15) is 0 Å². The predicted molar refractivity (Wildman–Crippen MR) is 120 cm³/mol. The molecule has 0 aliphatic carbocycles. The predicted octanol–water partition coefficient (Wildman–Crippen LogP) is 2.31. The summed E-state index contributed by atoms with van der Waals surface area (Å²) in [4.78, 5) is 16.4. The molecule has 2 atom stereocenters. The standard InChI is InChI=1S/C23H25N3O6S/c1-15-12-16(19-4-2-3-5-21(19)24-15)13-32-17-6-8-18(9-7-17)33(29,30)26-22-10-11-31-14-20(22)23(27)25-28/h2-9,12,20,22,26,28H,10-11,13-14H2,1H3,(H,25,27)/t20-,22+/m0/s1. The lowest BCUT2D eigenvalue weighted by atomic mass is 9.96. The Morgan fingerprint density at radius 2 is 1.97 bits per heavy atom. The van der Waals surface area contributed by atoms with E-state index in [4.69, 9.17) is 14.7 Å². The van der Waals surface area contributed by atoms with Crippen LogP contribution < -0.4 is 14.9 Å². The van der Waals surface area contributed by atoms with Gasteiger partial charge in [-0.3, -0.25) is 15.0 Å². The molecule has 33 heavy (non-hydrogen) atoms. The van der Waals surface area contributed by atoms with Gasteiger partial charge in [0.25, 0.3) is 0 Å². The van der Waals surface area contributed by atoms with Crippen molar-refractivity contribution in [1.82, 2.24) is 15.2 Å². The fourth-order valence-electron chi connectivity index (χ4n) is 3.88. The number of rotatable bonds is 7. The average Bonchev–Trinajstić information content (AvgIpc) is 2.82. The third-order valence-corrected chi connectivity index (χ3v) is 7.07. The first kappa shape index (κ1) is 23.1. The number of ether oxygens (including phenoxy) is 2. The summed E-state index contributed by atoms with van der Waals surface area (Å²) in [7, 11) is -3.88. The lowest BCUT2D eigenvalue weighted by Crippen LogP contribution is -2.51. The lowest BCUT2D eigenvalue weighted by molar-refractivity contribution is -0.138. The van der Waals surface area contributed by atoms with Crippen molar-refractivity contribution in [3.05, 3.63) is 65.9 Å². The maximum atomic E-state index is 12.8. The molecule has 1 fully saturated rings. The van der Waals surface area contributed by atoms with E-state index in [-0.39, 0.29) is 11.5 Å². The van der Waals surface area contributed by atoms with E-state index in [0.29, 0.717) is 25.4 Å². The zero-order valence-electron chi connectivity index (χ0n) is 18.0. The molecule has 1 saturated heterocycles. The van der Waals surface area contributed by atoms with E-state index in [9.17, 15) is 13.2 Å². The second-order valence-electron chi connectivity index (χ2n) is 7.87. The van der Waals surface area contributed by atoms with Gasteiger partial charge in [-0.1, -0.05) is 18.2 Å². The Labute approximate surface area is 191 Å². The quantitative estimate of drug-likeness (QED) is 0.356. The van der Waals surface area contributed by atoms with Crippen LogP contribution >= 0.6 is 0 Å². The van der Waals surface area contributed by atoms with Crippen molar-refractivity contribution < 1.29 is 27.9 Å². The molecule has 10 heteroatoms. The van der Waals surface area contributed by atoms with Gasteiger partial charge < -0.3 is 9.47 Å². The minimum absolute atomic E-state index is 0.0233. The number of aromatic nitrogens is 1. The van der Waals surface area contributed by atoms with Crippen LogP contribution in [0, 0.1) is 12.8 Å². The molecule has 3 aromatic rings. The molecule has 0 bridgehead atoms. The van der Waals surface area contributed by atoms with E-state index in [1.165, 1.54) is 12.1 Å². The minimum Gasteiger partial charge on any atom is -0.489 e. The summed E-state index contributed by atoms with van der Waals surface area (Å²) in [6, 6.07) is 15.2. The average molecular weight is 472 g/mol. The highest BCUT2D eigenvalue weighted by molar-refractivity contribution is 7.89. The number of carbonyl (C=O) groups is 1. The molecule has 0 saturated carbocycles. The van der Waals surface area contributed by atoms with E-state index < -0.39 is 27.9 Å². The Kier molecular flexibility index (Phi) is 6.89. The first-order chi connectivity index (χ1) is 15.9. The number of pyridine rings is 1. The van der Waals surface area contributed by atoms with Crippen LogP contribution in [0.2, 0.25) is 0 Å². The third-order valence-electron chi connectivity index (χ3n) is 5.57. The third kappa shape index (κ3) is 5.31. The van der Waals surface area contributed by atoms with E-state index in [0.717, 1.165) is 22.2 Å². The largest absolute Gasteiger partial charge is 0.489 e. The maximum Gasteiger partial charge on any atom is 0.250 e. The number of nitrogens with zero attached hydrogens (tertiary/aromatic N) is 1. The molecule has 2 aromatic carbocycles.